The van der Waals surface area contributed by atoms with Gasteiger partial charge in [-0.3, -0.25) is 4.98 Å². The predicted molar refractivity (Wildman–Crippen MR) is 67.9 cm³/mol. The van der Waals surface area contributed by atoms with Crippen molar-refractivity contribution in [1.82, 2.24) is 4.98 Å². The van der Waals surface area contributed by atoms with Crippen LogP contribution in [-0.4, -0.2) is 10.1 Å². The third-order valence-corrected chi connectivity index (χ3v) is 3.52. The van der Waals surface area contributed by atoms with Crippen molar-refractivity contribution in [3.8, 4) is 16.9 Å². The molecule has 1 N–H and O–H groups in total. The molecule has 0 unspecified atom stereocenters. The van der Waals surface area contributed by atoms with E-state index < -0.39 is 0 Å². The summed E-state index contributed by atoms with van der Waals surface area (Å²) in [6, 6.07) is 10.3. The molecule has 0 saturated heterocycles. The maximum atomic E-state index is 9.45. The van der Waals surface area contributed by atoms with Crippen molar-refractivity contribution in [2.24, 2.45) is 0 Å². The highest BCUT2D eigenvalue weighted by Crippen LogP contribution is 2.37. The molecule has 3 rings (SSSR count). The van der Waals surface area contributed by atoms with Gasteiger partial charge in [0.05, 0.1) is 6.20 Å². The van der Waals surface area contributed by atoms with E-state index in [-0.39, 0.29) is 5.75 Å². The summed E-state index contributed by atoms with van der Waals surface area (Å²) in [4.78, 5) is 4.02. The van der Waals surface area contributed by atoms with Crippen molar-refractivity contribution >= 4 is 0 Å². The second-order valence-electron chi connectivity index (χ2n) is 4.69. The first-order valence-electron chi connectivity index (χ1n) is 6.07. The summed E-state index contributed by atoms with van der Waals surface area (Å²) in [6.07, 6.45) is 7.21. The molecule has 2 heteroatoms. The first-order chi connectivity index (χ1) is 8.33. The van der Waals surface area contributed by atoms with Crippen molar-refractivity contribution in [2.75, 3.05) is 0 Å². The Labute approximate surface area is 101 Å². The van der Waals surface area contributed by atoms with Gasteiger partial charge >= 0.3 is 0 Å². The number of nitrogens with zero attached hydrogens (tertiary/aromatic N) is 1. The molecular weight excluding hydrogens is 210 g/mol. The Morgan fingerprint density at radius 3 is 2.65 bits per heavy atom. The smallest absolute Gasteiger partial charge is 0.134 e. The summed E-state index contributed by atoms with van der Waals surface area (Å²) in [5, 5.41) is 9.45. The average molecular weight is 225 g/mol. The Morgan fingerprint density at radius 2 is 1.94 bits per heavy atom. The van der Waals surface area contributed by atoms with Crippen LogP contribution in [0.5, 0.6) is 5.75 Å². The molecule has 1 aromatic carbocycles. The molecule has 1 aromatic heterocycles. The zero-order chi connectivity index (χ0) is 11.7. The zero-order valence-corrected chi connectivity index (χ0v) is 9.63. The fourth-order valence-corrected chi connectivity index (χ4v) is 2.30. The lowest BCUT2D eigenvalue weighted by atomic mass is 9.79. The van der Waals surface area contributed by atoms with Crippen LogP contribution in [-0.2, 0) is 0 Å². The minimum absolute atomic E-state index is 0.219. The molecule has 1 aliphatic carbocycles. The average Bonchev–Trinajstić information content (AvgIpc) is 2.27. The number of benzene rings is 1. The van der Waals surface area contributed by atoms with Gasteiger partial charge in [0.1, 0.15) is 5.75 Å². The number of rotatable bonds is 2. The van der Waals surface area contributed by atoms with Crippen LogP contribution in [0.4, 0.5) is 0 Å². The van der Waals surface area contributed by atoms with Crippen molar-refractivity contribution < 1.29 is 5.11 Å². The standard InChI is InChI=1S/C15H15NO/c17-15-8-14(9-16-10-15)13-6-2-5-12(7-13)11-3-1-4-11/h2,5-11,17H,1,3-4H2. The van der Waals surface area contributed by atoms with Crippen molar-refractivity contribution in [3.63, 3.8) is 0 Å². The van der Waals surface area contributed by atoms with E-state index in [0.717, 1.165) is 17.0 Å². The van der Waals surface area contributed by atoms with E-state index in [0.29, 0.717) is 0 Å². The number of hydrogen-bond acceptors (Lipinski definition) is 2. The van der Waals surface area contributed by atoms with Gasteiger partial charge in [-0.2, -0.15) is 0 Å². The normalized spacial score (nSPS) is 15.5. The fraction of sp³-hybridized carbons (Fsp3) is 0.267. The summed E-state index contributed by atoms with van der Waals surface area (Å²) in [5.41, 5.74) is 3.53. The van der Waals surface area contributed by atoms with Crippen molar-refractivity contribution in [2.45, 2.75) is 25.2 Å². The van der Waals surface area contributed by atoms with Gasteiger partial charge in [0.15, 0.2) is 0 Å². The first kappa shape index (κ1) is 10.3. The molecule has 86 valence electrons. The summed E-state index contributed by atoms with van der Waals surface area (Å²) in [7, 11) is 0. The van der Waals surface area contributed by atoms with Crippen LogP contribution in [0.1, 0.15) is 30.7 Å². The topological polar surface area (TPSA) is 33.1 Å². The monoisotopic (exact) mass is 225 g/mol. The van der Waals surface area contributed by atoms with E-state index in [4.69, 9.17) is 0 Å². The minimum atomic E-state index is 0.219. The van der Waals surface area contributed by atoms with Gasteiger partial charge < -0.3 is 5.11 Å². The second kappa shape index (κ2) is 4.21. The molecule has 17 heavy (non-hydrogen) atoms. The van der Waals surface area contributed by atoms with Gasteiger partial charge in [-0.1, -0.05) is 30.7 Å². The molecule has 0 bridgehead atoms. The maximum Gasteiger partial charge on any atom is 0.134 e. The lowest BCUT2D eigenvalue weighted by Gasteiger charge is -2.26. The highest BCUT2D eigenvalue weighted by molar-refractivity contribution is 5.64. The number of pyridine rings is 1. The zero-order valence-electron chi connectivity index (χ0n) is 9.63. The highest BCUT2D eigenvalue weighted by atomic mass is 16.3. The molecule has 2 aromatic rings. The van der Waals surface area contributed by atoms with Gasteiger partial charge in [0.25, 0.3) is 0 Å². The van der Waals surface area contributed by atoms with Crippen LogP contribution in [0.2, 0.25) is 0 Å². The molecule has 0 radical (unpaired) electrons. The van der Waals surface area contributed by atoms with Gasteiger partial charge in [-0.15, -0.1) is 0 Å². The van der Waals surface area contributed by atoms with Crippen LogP contribution < -0.4 is 0 Å². The van der Waals surface area contributed by atoms with Crippen LogP contribution >= 0.6 is 0 Å². The Hall–Kier alpha value is -1.83. The number of hydrogen-bond donors (Lipinski definition) is 1. The third-order valence-electron chi connectivity index (χ3n) is 3.52. The predicted octanol–water partition coefficient (Wildman–Crippen LogP) is 3.72. The summed E-state index contributed by atoms with van der Waals surface area (Å²) >= 11 is 0. The molecule has 1 aliphatic rings. The molecule has 1 fully saturated rings. The lowest BCUT2D eigenvalue weighted by Crippen LogP contribution is -2.08. The minimum Gasteiger partial charge on any atom is -0.506 e. The third kappa shape index (κ3) is 2.03. The SMILES string of the molecule is Oc1cncc(-c2cccc(C3CCC3)c2)c1. The molecular formula is C15H15NO. The quantitative estimate of drug-likeness (QED) is 0.844. The first-order valence-corrected chi connectivity index (χ1v) is 6.07. The Balaban J connectivity index is 1.97. The molecule has 0 atom stereocenters. The van der Waals surface area contributed by atoms with E-state index in [2.05, 4.69) is 29.2 Å². The molecule has 2 nitrogen and oxygen atoms in total. The van der Waals surface area contributed by atoms with E-state index in [1.165, 1.54) is 31.0 Å². The van der Waals surface area contributed by atoms with Gasteiger partial charge in [0, 0.05) is 11.8 Å². The van der Waals surface area contributed by atoms with E-state index in [1.54, 1.807) is 12.3 Å². The van der Waals surface area contributed by atoms with Crippen LogP contribution in [0.3, 0.4) is 0 Å². The lowest BCUT2D eigenvalue weighted by molar-refractivity contribution is 0.420. The molecule has 1 saturated carbocycles. The van der Waals surface area contributed by atoms with Crippen molar-refractivity contribution in [1.29, 1.82) is 0 Å². The molecule has 0 aliphatic heterocycles. The number of aromatic hydroxyl groups is 1. The second-order valence-corrected chi connectivity index (χ2v) is 4.69. The molecule has 0 amide bonds. The molecule has 0 spiro atoms. The van der Waals surface area contributed by atoms with Gasteiger partial charge in [-0.25, -0.2) is 0 Å². The maximum absolute atomic E-state index is 9.45. The van der Waals surface area contributed by atoms with E-state index in [9.17, 15) is 5.11 Å². The summed E-state index contributed by atoms with van der Waals surface area (Å²) in [6.45, 7) is 0. The van der Waals surface area contributed by atoms with E-state index in [1.807, 2.05) is 0 Å². The fourth-order valence-electron chi connectivity index (χ4n) is 2.30. The number of aromatic nitrogens is 1. The highest BCUT2D eigenvalue weighted by Gasteiger charge is 2.19. The summed E-state index contributed by atoms with van der Waals surface area (Å²) in [5.74, 6) is 0.955. The van der Waals surface area contributed by atoms with Gasteiger partial charge in [-0.05, 0) is 36.0 Å². The summed E-state index contributed by atoms with van der Waals surface area (Å²) < 4.78 is 0. The van der Waals surface area contributed by atoms with Crippen LogP contribution in [0.25, 0.3) is 11.1 Å². The largest absolute Gasteiger partial charge is 0.506 e. The van der Waals surface area contributed by atoms with Crippen LogP contribution in [0, 0.1) is 0 Å². The van der Waals surface area contributed by atoms with E-state index >= 15 is 0 Å². The van der Waals surface area contributed by atoms with Crippen molar-refractivity contribution in [3.05, 3.63) is 48.3 Å². The van der Waals surface area contributed by atoms with Crippen LogP contribution in [0.15, 0.2) is 42.7 Å². The Kier molecular flexibility index (Phi) is 2.56. The molecule has 1 heterocycles. The van der Waals surface area contributed by atoms with Gasteiger partial charge in [0.2, 0.25) is 0 Å². The Morgan fingerprint density at radius 1 is 1.06 bits per heavy atom. The Bertz CT molecular complexity index is 532.